The van der Waals surface area contributed by atoms with Gasteiger partial charge < -0.3 is 9.57 Å². The fourth-order valence-corrected chi connectivity index (χ4v) is 4.84. The van der Waals surface area contributed by atoms with Gasteiger partial charge in [-0.2, -0.15) is 22.8 Å². The number of hydroxylamine groups is 4. The minimum atomic E-state index is -4.09. The molecule has 2 bridgehead atoms. The van der Waals surface area contributed by atoms with E-state index in [0.717, 1.165) is 17.4 Å². The summed E-state index contributed by atoms with van der Waals surface area (Å²) in [4.78, 5) is 31.2. The van der Waals surface area contributed by atoms with Crippen LogP contribution in [0.1, 0.15) is 34.0 Å². The average Bonchev–Trinajstić information content (AvgIpc) is 2.84. The first kappa shape index (κ1) is 27.9. The summed E-state index contributed by atoms with van der Waals surface area (Å²) in [5.74, 6) is -0.367. The number of aldehydes is 1. The second kappa shape index (κ2) is 13.0. The van der Waals surface area contributed by atoms with Gasteiger partial charge in [0.15, 0.2) is 0 Å². The summed E-state index contributed by atoms with van der Waals surface area (Å²) in [7, 11) is -2.53. The molecular weight excluding hydrogens is 486 g/mol. The number of carbonyl (C=O) groups excluding carboxylic acids is 2. The Morgan fingerprint density at radius 3 is 2.17 bits per heavy atom. The predicted octanol–water partition coefficient (Wildman–Crippen LogP) is 2.17. The maximum atomic E-state index is 13.0. The van der Waals surface area contributed by atoms with Gasteiger partial charge in [-0.25, -0.2) is 0 Å². The Kier molecular flexibility index (Phi) is 10.1. The zero-order valence-corrected chi connectivity index (χ0v) is 21.7. The van der Waals surface area contributed by atoms with Crippen molar-refractivity contribution >= 4 is 22.4 Å². The number of fused-ring (bicyclic) bond motifs is 2. The maximum absolute atomic E-state index is 13.0. The van der Waals surface area contributed by atoms with E-state index >= 15 is 0 Å². The highest BCUT2D eigenvalue weighted by molar-refractivity contribution is 7.86. The Hall–Kier alpha value is -2.67. The molecule has 2 aromatic rings. The lowest BCUT2D eigenvalue weighted by atomic mass is 10.1. The number of hydrogen-bond donors (Lipinski definition) is 0. The molecular formula is C25H33N3O7S. The Balaban J connectivity index is 1.91. The summed E-state index contributed by atoms with van der Waals surface area (Å²) < 4.78 is 36.7. The van der Waals surface area contributed by atoms with Crippen LogP contribution in [0.15, 0.2) is 47.4 Å². The van der Waals surface area contributed by atoms with E-state index in [9.17, 15) is 18.0 Å². The van der Waals surface area contributed by atoms with Crippen molar-refractivity contribution in [2.75, 3.05) is 46.4 Å². The van der Waals surface area contributed by atoms with Gasteiger partial charge in [-0.1, -0.05) is 23.8 Å². The molecule has 11 heteroatoms. The standard InChI is InChI=1S/C25H33N3O7S/c1-4-34-25(30)18-26-9-11-27(33-3)16-21-13-22(15-23(14-21)19-29)17-28(12-10-26)35-36(31,32)24-7-5-20(2)6-8-24/h5-8,13-15,19H,4,9-12,16-18H2,1-3H3. The molecule has 0 fully saturated rings. The first-order chi connectivity index (χ1) is 17.2. The van der Waals surface area contributed by atoms with Gasteiger partial charge in [0.2, 0.25) is 0 Å². The summed E-state index contributed by atoms with van der Waals surface area (Å²) in [6, 6.07) is 11.8. The average molecular weight is 520 g/mol. The van der Waals surface area contributed by atoms with Crippen LogP contribution in [0, 0.1) is 6.92 Å². The zero-order chi connectivity index (χ0) is 26.1. The van der Waals surface area contributed by atoms with Crippen molar-refractivity contribution in [3.63, 3.8) is 0 Å². The summed E-state index contributed by atoms with van der Waals surface area (Å²) in [6.07, 6.45) is 0.755. The SMILES string of the molecule is CCOC(=O)CN1CCN(OC)Cc2cc(C=O)cc(c2)CN(OS(=O)(=O)c2ccc(C)cc2)CC1. The molecule has 0 unspecified atom stereocenters. The number of esters is 1. The molecule has 1 heterocycles. The molecule has 36 heavy (non-hydrogen) atoms. The van der Waals surface area contributed by atoms with Crippen LogP contribution in [0.3, 0.4) is 0 Å². The van der Waals surface area contributed by atoms with Crippen molar-refractivity contribution in [3.05, 3.63) is 64.7 Å². The lowest BCUT2D eigenvalue weighted by molar-refractivity contribution is -0.150. The molecule has 1 aliphatic rings. The number of carbonyl (C=O) groups is 2. The van der Waals surface area contributed by atoms with Gasteiger partial charge >= 0.3 is 16.1 Å². The van der Waals surface area contributed by atoms with E-state index in [2.05, 4.69) is 0 Å². The van der Waals surface area contributed by atoms with E-state index in [0.29, 0.717) is 37.3 Å². The smallest absolute Gasteiger partial charge is 0.320 e. The number of rotatable bonds is 8. The Labute approximate surface area is 212 Å². The lowest BCUT2D eigenvalue weighted by Gasteiger charge is -2.29. The van der Waals surface area contributed by atoms with Gasteiger partial charge in [-0.15, -0.1) is 0 Å². The van der Waals surface area contributed by atoms with Crippen molar-refractivity contribution in [1.82, 2.24) is 15.0 Å². The third kappa shape index (κ3) is 8.19. The maximum Gasteiger partial charge on any atom is 0.320 e. The van der Waals surface area contributed by atoms with Crippen molar-refractivity contribution in [1.29, 1.82) is 0 Å². The fraction of sp³-hybridized carbons (Fsp3) is 0.440. The number of hydrogen-bond acceptors (Lipinski definition) is 10. The summed E-state index contributed by atoms with van der Waals surface area (Å²) in [5, 5.41) is 3.08. The van der Waals surface area contributed by atoms with Crippen LogP contribution in [0.2, 0.25) is 0 Å². The molecule has 0 atom stereocenters. The molecule has 0 amide bonds. The van der Waals surface area contributed by atoms with Crippen molar-refractivity contribution < 1.29 is 31.9 Å². The van der Waals surface area contributed by atoms with Crippen LogP contribution in [0.25, 0.3) is 0 Å². The number of nitrogens with zero attached hydrogens (tertiary/aromatic N) is 3. The summed E-state index contributed by atoms with van der Waals surface area (Å²) in [5.41, 5.74) is 2.94. The molecule has 0 saturated carbocycles. The van der Waals surface area contributed by atoms with Crippen LogP contribution in [0.4, 0.5) is 0 Å². The topological polar surface area (TPSA) is 106 Å². The fourth-order valence-electron chi connectivity index (χ4n) is 3.88. The van der Waals surface area contributed by atoms with E-state index in [1.165, 1.54) is 17.2 Å². The Morgan fingerprint density at radius 2 is 1.58 bits per heavy atom. The van der Waals surface area contributed by atoms with Crippen molar-refractivity contribution in [2.45, 2.75) is 31.8 Å². The van der Waals surface area contributed by atoms with Gasteiger partial charge in [0.25, 0.3) is 0 Å². The molecule has 0 aliphatic carbocycles. The molecule has 0 spiro atoms. The lowest BCUT2D eigenvalue weighted by Crippen LogP contribution is -2.42. The second-order valence-electron chi connectivity index (χ2n) is 8.53. The van der Waals surface area contributed by atoms with Crippen molar-refractivity contribution in [2.24, 2.45) is 0 Å². The normalized spacial score (nSPS) is 16.6. The van der Waals surface area contributed by atoms with Gasteiger partial charge in [-0.3, -0.25) is 14.5 Å². The van der Waals surface area contributed by atoms with E-state index in [-0.39, 0.29) is 37.1 Å². The molecule has 1 aliphatic heterocycles. The molecule has 0 radical (unpaired) electrons. The highest BCUT2D eigenvalue weighted by atomic mass is 32.2. The van der Waals surface area contributed by atoms with Crippen molar-refractivity contribution in [3.8, 4) is 0 Å². The monoisotopic (exact) mass is 519 g/mol. The summed E-state index contributed by atoms with van der Waals surface area (Å²) >= 11 is 0. The Morgan fingerprint density at radius 1 is 0.972 bits per heavy atom. The molecule has 0 N–H and O–H groups in total. The van der Waals surface area contributed by atoms with Gasteiger partial charge in [-0.05, 0) is 49.2 Å². The molecule has 2 aromatic carbocycles. The van der Waals surface area contributed by atoms with Crippen LogP contribution < -0.4 is 0 Å². The molecule has 3 rings (SSSR count). The van der Waals surface area contributed by atoms with E-state index in [4.69, 9.17) is 13.9 Å². The number of ether oxygens (including phenoxy) is 1. The third-order valence-electron chi connectivity index (χ3n) is 5.69. The highest BCUT2D eigenvalue weighted by Crippen LogP contribution is 2.19. The molecule has 196 valence electrons. The minimum absolute atomic E-state index is 0.0423. The van der Waals surface area contributed by atoms with Crippen LogP contribution in [-0.2, 0) is 41.9 Å². The van der Waals surface area contributed by atoms with Gasteiger partial charge in [0.1, 0.15) is 6.29 Å². The zero-order valence-electron chi connectivity index (χ0n) is 20.9. The van der Waals surface area contributed by atoms with Crippen LogP contribution >= 0.6 is 0 Å². The molecule has 10 nitrogen and oxygen atoms in total. The second-order valence-corrected chi connectivity index (χ2v) is 10.1. The largest absolute Gasteiger partial charge is 0.465 e. The molecule has 0 aromatic heterocycles. The first-order valence-corrected chi connectivity index (χ1v) is 13.1. The minimum Gasteiger partial charge on any atom is -0.465 e. The molecule has 0 saturated heterocycles. The van der Waals surface area contributed by atoms with Crippen LogP contribution in [-0.4, -0.2) is 82.1 Å². The van der Waals surface area contributed by atoms with Crippen LogP contribution in [0.5, 0.6) is 0 Å². The van der Waals surface area contributed by atoms with E-state index < -0.39 is 10.1 Å². The number of aryl methyl sites for hydroxylation is 1. The van der Waals surface area contributed by atoms with Gasteiger partial charge in [0.05, 0.1) is 31.7 Å². The number of benzene rings is 2. The van der Waals surface area contributed by atoms with Gasteiger partial charge in [0, 0.05) is 38.3 Å². The predicted molar refractivity (Wildman–Crippen MR) is 132 cm³/mol. The Bertz CT molecular complexity index is 1140. The third-order valence-corrected chi connectivity index (χ3v) is 6.95. The quantitative estimate of drug-likeness (QED) is 0.381. The highest BCUT2D eigenvalue weighted by Gasteiger charge is 2.23. The first-order valence-electron chi connectivity index (χ1n) is 11.7. The van der Waals surface area contributed by atoms with E-state index in [1.54, 1.807) is 43.4 Å². The summed E-state index contributed by atoms with van der Waals surface area (Å²) in [6.45, 7) is 5.89. The van der Waals surface area contributed by atoms with E-state index in [1.807, 2.05) is 17.9 Å².